The van der Waals surface area contributed by atoms with Crippen LogP contribution in [0.4, 0.5) is 0 Å². The molecule has 3 nitrogen and oxygen atoms in total. The van der Waals surface area contributed by atoms with Crippen LogP contribution in [0.3, 0.4) is 0 Å². The number of aromatic nitrogens is 3. The number of benzene rings is 7. The third-order valence-electron chi connectivity index (χ3n) is 16.2. The van der Waals surface area contributed by atoms with E-state index in [2.05, 4.69) is 221 Å². The Bertz CT molecular complexity index is 3460. The molecular weight excluding hydrogens is 1100 g/mol. The van der Waals surface area contributed by atoms with Crippen LogP contribution in [0.2, 0.25) is 0 Å². The summed E-state index contributed by atoms with van der Waals surface area (Å²) in [5.74, 6) is 1.50. The largest absolute Gasteiger partial charge is 3.00 e. The van der Waals surface area contributed by atoms with Crippen LogP contribution in [0.15, 0.2) is 201 Å². The van der Waals surface area contributed by atoms with E-state index in [1.807, 2.05) is 18.6 Å². The summed E-state index contributed by atoms with van der Waals surface area (Å²) < 4.78 is 0. The maximum Gasteiger partial charge on any atom is 3.00 e. The average molecular weight is 1160 g/mol. The molecule has 374 valence electrons. The number of hydrogen-bond acceptors (Lipinski definition) is 3. The summed E-state index contributed by atoms with van der Waals surface area (Å²) in [7, 11) is 0. The second-order valence-corrected chi connectivity index (χ2v) is 21.3. The topological polar surface area (TPSA) is 38.7 Å². The Hall–Kier alpha value is -7.36. The first-order chi connectivity index (χ1) is 36.9. The summed E-state index contributed by atoms with van der Waals surface area (Å²) in [6, 6.07) is 78.7. The van der Waals surface area contributed by atoms with Crippen LogP contribution in [-0.2, 0) is 20.1 Å². The molecule has 3 heterocycles. The van der Waals surface area contributed by atoms with Gasteiger partial charge in [-0.2, -0.15) is 0 Å². The average Bonchev–Trinajstić information content (AvgIpc) is 3.49. The molecule has 3 aromatic heterocycles. The smallest absolute Gasteiger partial charge is 0.305 e. The molecule has 7 aromatic carbocycles. The van der Waals surface area contributed by atoms with Gasteiger partial charge >= 0.3 is 20.1 Å². The maximum atomic E-state index is 4.87. The van der Waals surface area contributed by atoms with E-state index < -0.39 is 0 Å². The van der Waals surface area contributed by atoms with Crippen LogP contribution in [0.25, 0.3) is 78.3 Å². The third-order valence-corrected chi connectivity index (χ3v) is 16.2. The predicted molar refractivity (Wildman–Crippen MR) is 309 cm³/mol. The third kappa shape index (κ3) is 10.9. The molecule has 2 fully saturated rings. The zero-order chi connectivity index (χ0) is 50.7. The summed E-state index contributed by atoms with van der Waals surface area (Å²) in [4.78, 5) is 14.3. The minimum absolute atomic E-state index is 0. The van der Waals surface area contributed by atoms with Crippen LogP contribution >= 0.6 is 0 Å². The van der Waals surface area contributed by atoms with Gasteiger partial charge in [0.15, 0.2) is 0 Å². The first kappa shape index (κ1) is 50.8. The van der Waals surface area contributed by atoms with Crippen molar-refractivity contribution in [1.29, 1.82) is 0 Å². The van der Waals surface area contributed by atoms with Crippen LogP contribution < -0.4 is 0 Å². The molecule has 4 heteroatoms. The van der Waals surface area contributed by atoms with Gasteiger partial charge in [0.05, 0.1) is 0 Å². The van der Waals surface area contributed by atoms with Crippen molar-refractivity contribution in [2.24, 2.45) is 0 Å². The van der Waals surface area contributed by atoms with Gasteiger partial charge in [-0.05, 0) is 131 Å². The van der Waals surface area contributed by atoms with Gasteiger partial charge in [0.25, 0.3) is 0 Å². The van der Waals surface area contributed by atoms with Gasteiger partial charge < -0.3 is 15.0 Å². The molecule has 0 bridgehead atoms. The van der Waals surface area contributed by atoms with Gasteiger partial charge in [-0.15, -0.1) is 94.5 Å². The first-order valence-electron chi connectivity index (χ1n) is 27.2. The number of rotatable bonds is 11. The summed E-state index contributed by atoms with van der Waals surface area (Å²) >= 11 is 0. The van der Waals surface area contributed by atoms with E-state index in [1.54, 1.807) is 0 Å². The molecule has 10 aromatic rings. The monoisotopic (exact) mass is 1160 g/mol. The van der Waals surface area contributed by atoms with E-state index in [9.17, 15) is 0 Å². The predicted octanol–water partition coefficient (Wildman–Crippen LogP) is 18.7. The Morgan fingerprint density at radius 1 is 0.342 bits per heavy atom. The molecule has 2 aliphatic rings. The Labute approximate surface area is 464 Å². The summed E-state index contributed by atoms with van der Waals surface area (Å²) in [6.07, 6.45) is 15.3. The molecule has 4 atom stereocenters. The van der Waals surface area contributed by atoms with Crippen molar-refractivity contribution in [3.63, 3.8) is 0 Å². The van der Waals surface area contributed by atoms with Crippen LogP contribution in [0.1, 0.15) is 114 Å². The normalized spacial score (nSPS) is 17.4. The molecular formula is C72H62IrN3. The molecule has 0 aliphatic heterocycles. The van der Waals surface area contributed by atoms with Gasteiger partial charge in [-0.1, -0.05) is 188 Å². The fraction of sp³-hybridized carbons (Fsp3) is 0.208. The molecule has 0 spiro atoms. The van der Waals surface area contributed by atoms with Gasteiger partial charge in [0.1, 0.15) is 0 Å². The quantitative estimate of drug-likeness (QED) is 0.121. The molecule has 76 heavy (non-hydrogen) atoms. The minimum Gasteiger partial charge on any atom is -0.305 e. The van der Waals surface area contributed by atoms with Gasteiger partial charge in [0, 0.05) is 18.6 Å². The molecule has 0 saturated heterocycles. The van der Waals surface area contributed by atoms with Crippen LogP contribution in [-0.4, -0.2) is 15.0 Å². The number of nitrogens with zero attached hydrogens (tertiary/aromatic N) is 3. The minimum atomic E-state index is 0. The van der Waals surface area contributed by atoms with Crippen LogP contribution in [0.5, 0.6) is 0 Å². The van der Waals surface area contributed by atoms with Crippen LogP contribution in [0, 0.1) is 39.0 Å². The first-order valence-corrected chi connectivity index (χ1v) is 27.2. The number of pyridine rings is 3. The Morgan fingerprint density at radius 2 is 0.855 bits per heavy atom. The van der Waals surface area contributed by atoms with E-state index in [4.69, 9.17) is 15.0 Å². The van der Waals surface area contributed by atoms with E-state index in [0.717, 1.165) is 81.7 Å². The van der Waals surface area contributed by atoms with Gasteiger partial charge in [0.2, 0.25) is 0 Å². The second-order valence-electron chi connectivity index (χ2n) is 21.3. The van der Waals surface area contributed by atoms with Crippen molar-refractivity contribution in [2.45, 2.75) is 95.8 Å². The molecule has 12 rings (SSSR count). The molecule has 0 amide bonds. The van der Waals surface area contributed by atoms with Crippen molar-refractivity contribution >= 4 is 0 Å². The fourth-order valence-corrected chi connectivity index (χ4v) is 12.3. The van der Waals surface area contributed by atoms with Crippen molar-refractivity contribution in [3.8, 4) is 78.3 Å². The van der Waals surface area contributed by atoms with E-state index in [1.165, 1.54) is 86.9 Å². The van der Waals surface area contributed by atoms with Gasteiger partial charge in [-0.3, -0.25) is 0 Å². The molecule has 0 radical (unpaired) electrons. The van der Waals surface area contributed by atoms with E-state index in [-0.39, 0.29) is 20.1 Å². The molecule has 0 N–H and O–H groups in total. The van der Waals surface area contributed by atoms with Crippen molar-refractivity contribution in [1.82, 2.24) is 15.0 Å². The second kappa shape index (κ2) is 22.9. The maximum absolute atomic E-state index is 4.87. The fourth-order valence-electron chi connectivity index (χ4n) is 12.3. The Morgan fingerprint density at radius 3 is 1.38 bits per heavy atom. The van der Waals surface area contributed by atoms with E-state index in [0.29, 0.717) is 23.7 Å². The van der Waals surface area contributed by atoms with E-state index >= 15 is 0 Å². The number of aryl methyl sites for hydroxylation is 3. The Balaban J connectivity index is 0.00000616. The summed E-state index contributed by atoms with van der Waals surface area (Å²) in [5, 5.41) is 0. The zero-order valence-corrected chi connectivity index (χ0v) is 46.1. The number of hydrogen-bond donors (Lipinski definition) is 0. The van der Waals surface area contributed by atoms with Crippen molar-refractivity contribution in [2.75, 3.05) is 0 Å². The molecule has 2 saturated carbocycles. The standard InChI is InChI=1S/C72H62N3.Ir/c1-48-37-39-73-71(41-48)56-30-26-53(27-31-56)62-15-7-9-17-64(62)59-43-60(65-18-10-8-16-63(65)54-28-32-57(33-29-54)72-42-49(2)38-40-74-72)45-61(44-59)66-19-11-12-20-67(66)68-35-34-58(70-36-21-50(3)47-75-70)46-69(68)55-24-22-52(23-25-55)51-13-5-4-6-14-51;/h4-6,11-14,19-30,32,35-47,62-65H,7-10,15-18H2,1-3H3;/q-3;+3. The molecule has 4 unspecified atom stereocenters. The SMILES string of the molecule is Cc1ccc(-c2[c-]cc(-c3ccccc3-c3cc(C4CCCCC4c4c[c-]c(-c5cc(C)ccn5)cc4)cc(C4CCCCC4c4c[c-]c(-c5cc(C)ccn5)cc4)c3)c(-c3ccc(-c4ccccc4)cc3)c2)nc1.[Ir+3]. The zero-order valence-electron chi connectivity index (χ0n) is 43.7. The Kier molecular flexibility index (Phi) is 15.3. The van der Waals surface area contributed by atoms with Crippen molar-refractivity contribution in [3.05, 3.63) is 258 Å². The summed E-state index contributed by atoms with van der Waals surface area (Å²) in [6.45, 7) is 6.34. The van der Waals surface area contributed by atoms with Gasteiger partial charge in [-0.25, -0.2) is 0 Å². The van der Waals surface area contributed by atoms with Crippen molar-refractivity contribution < 1.29 is 20.1 Å². The summed E-state index contributed by atoms with van der Waals surface area (Å²) in [5.41, 5.74) is 24.8. The molecule has 2 aliphatic carbocycles.